The van der Waals surface area contributed by atoms with Crippen LogP contribution in [0.4, 0.5) is 0 Å². The summed E-state index contributed by atoms with van der Waals surface area (Å²) >= 11 is 5.96. The number of benzene rings is 1. The standard InChI is InChI=1S/C18H18ClN5O2/c1-12(25)20-9-10-21-16(26)11-24-17(13-4-6-14(19)7-5-13)23-15-3-2-8-22-18(15)24/h2-8H,9-11H2,1H3,(H,20,25)(H,21,26). The first-order valence-electron chi connectivity index (χ1n) is 8.13. The van der Waals surface area contributed by atoms with Crippen LogP contribution in [0.5, 0.6) is 0 Å². The van der Waals surface area contributed by atoms with E-state index in [4.69, 9.17) is 11.6 Å². The SMILES string of the molecule is CC(=O)NCCNC(=O)Cn1c(-c2ccc(Cl)cc2)nc2cccnc21. The Morgan fingerprint density at radius 2 is 1.85 bits per heavy atom. The molecule has 0 atom stereocenters. The van der Waals surface area contributed by atoms with E-state index < -0.39 is 0 Å². The van der Waals surface area contributed by atoms with Crippen LogP contribution in [-0.2, 0) is 16.1 Å². The molecule has 0 aliphatic heterocycles. The molecule has 26 heavy (non-hydrogen) atoms. The third-order valence-electron chi connectivity index (χ3n) is 3.73. The van der Waals surface area contributed by atoms with Gasteiger partial charge in [-0.05, 0) is 36.4 Å². The minimum absolute atomic E-state index is 0.0749. The number of pyridine rings is 1. The fourth-order valence-electron chi connectivity index (χ4n) is 2.57. The van der Waals surface area contributed by atoms with Crippen LogP contribution in [-0.4, -0.2) is 39.4 Å². The number of fused-ring (bicyclic) bond motifs is 1. The molecule has 134 valence electrons. The van der Waals surface area contributed by atoms with Crippen LogP contribution in [0.3, 0.4) is 0 Å². The minimum atomic E-state index is -0.185. The third kappa shape index (κ3) is 4.18. The van der Waals surface area contributed by atoms with Gasteiger partial charge in [-0.3, -0.25) is 14.2 Å². The molecule has 0 aliphatic carbocycles. The van der Waals surface area contributed by atoms with Gasteiger partial charge in [0.1, 0.15) is 17.9 Å². The molecule has 0 unspecified atom stereocenters. The number of carbonyl (C=O) groups is 2. The molecule has 0 spiro atoms. The van der Waals surface area contributed by atoms with Crippen LogP contribution in [0.1, 0.15) is 6.92 Å². The highest BCUT2D eigenvalue weighted by molar-refractivity contribution is 6.30. The third-order valence-corrected chi connectivity index (χ3v) is 3.98. The highest BCUT2D eigenvalue weighted by atomic mass is 35.5. The number of rotatable bonds is 6. The number of halogens is 1. The Morgan fingerprint density at radius 3 is 2.58 bits per heavy atom. The Morgan fingerprint density at radius 1 is 1.12 bits per heavy atom. The first-order valence-corrected chi connectivity index (χ1v) is 8.51. The second-order valence-electron chi connectivity index (χ2n) is 5.71. The smallest absolute Gasteiger partial charge is 0.240 e. The summed E-state index contributed by atoms with van der Waals surface area (Å²) in [5.74, 6) is 0.331. The highest BCUT2D eigenvalue weighted by Crippen LogP contribution is 2.24. The molecule has 3 aromatic rings. The van der Waals surface area contributed by atoms with Gasteiger partial charge in [-0.25, -0.2) is 9.97 Å². The zero-order valence-corrected chi connectivity index (χ0v) is 15.0. The van der Waals surface area contributed by atoms with Gasteiger partial charge in [0, 0.05) is 36.8 Å². The first-order chi connectivity index (χ1) is 12.5. The summed E-state index contributed by atoms with van der Waals surface area (Å²) < 4.78 is 1.77. The van der Waals surface area contributed by atoms with Crippen molar-refractivity contribution in [2.45, 2.75) is 13.5 Å². The van der Waals surface area contributed by atoms with Gasteiger partial charge >= 0.3 is 0 Å². The van der Waals surface area contributed by atoms with E-state index in [-0.39, 0.29) is 18.4 Å². The number of aromatic nitrogens is 3. The Hall–Kier alpha value is -2.93. The predicted octanol–water partition coefficient (Wildman–Crippen LogP) is 2.00. The molecule has 2 aromatic heterocycles. The van der Waals surface area contributed by atoms with Gasteiger partial charge in [0.2, 0.25) is 11.8 Å². The van der Waals surface area contributed by atoms with Crippen molar-refractivity contribution in [2.75, 3.05) is 13.1 Å². The van der Waals surface area contributed by atoms with Crippen LogP contribution >= 0.6 is 11.6 Å². The van der Waals surface area contributed by atoms with Crippen LogP contribution in [0.25, 0.3) is 22.6 Å². The fourth-order valence-corrected chi connectivity index (χ4v) is 2.69. The van der Waals surface area contributed by atoms with Crippen molar-refractivity contribution in [1.82, 2.24) is 25.2 Å². The molecule has 1 aromatic carbocycles. The molecule has 0 saturated carbocycles. The quantitative estimate of drug-likeness (QED) is 0.649. The van der Waals surface area contributed by atoms with E-state index in [0.29, 0.717) is 35.1 Å². The molecule has 3 rings (SSSR count). The van der Waals surface area contributed by atoms with Gasteiger partial charge < -0.3 is 10.6 Å². The van der Waals surface area contributed by atoms with Gasteiger partial charge in [0.05, 0.1) is 0 Å². The normalized spacial score (nSPS) is 10.7. The van der Waals surface area contributed by atoms with Crippen molar-refractivity contribution < 1.29 is 9.59 Å². The molecule has 8 heteroatoms. The average molecular weight is 372 g/mol. The monoisotopic (exact) mass is 371 g/mol. The molecule has 2 N–H and O–H groups in total. The summed E-state index contributed by atoms with van der Waals surface area (Å²) in [7, 11) is 0. The van der Waals surface area contributed by atoms with Crippen molar-refractivity contribution in [3.05, 3.63) is 47.6 Å². The Bertz CT molecular complexity index is 936. The maximum Gasteiger partial charge on any atom is 0.240 e. The van der Waals surface area contributed by atoms with Gasteiger partial charge in [0.25, 0.3) is 0 Å². The topological polar surface area (TPSA) is 88.9 Å². The lowest BCUT2D eigenvalue weighted by Gasteiger charge is -2.10. The average Bonchev–Trinajstić information content (AvgIpc) is 2.98. The second kappa shape index (κ2) is 7.97. The number of nitrogens with zero attached hydrogens (tertiary/aromatic N) is 3. The van der Waals surface area contributed by atoms with Crippen molar-refractivity contribution in [2.24, 2.45) is 0 Å². The number of imidazole rings is 1. The van der Waals surface area contributed by atoms with Crippen LogP contribution in [0.2, 0.25) is 5.02 Å². The maximum absolute atomic E-state index is 12.3. The van der Waals surface area contributed by atoms with Crippen molar-refractivity contribution in [3.63, 3.8) is 0 Å². The molecular formula is C18H18ClN5O2. The Labute approximate surface area is 155 Å². The number of carbonyl (C=O) groups excluding carboxylic acids is 2. The molecule has 0 bridgehead atoms. The lowest BCUT2D eigenvalue weighted by Crippen LogP contribution is -2.35. The van der Waals surface area contributed by atoms with Crippen LogP contribution in [0, 0.1) is 0 Å². The van der Waals surface area contributed by atoms with E-state index in [1.807, 2.05) is 18.2 Å². The number of amides is 2. The minimum Gasteiger partial charge on any atom is -0.355 e. The predicted molar refractivity (Wildman–Crippen MR) is 99.7 cm³/mol. The molecule has 7 nitrogen and oxygen atoms in total. The van der Waals surface area contributed by atoms with E-state index in [1.165, 1.54) is 6.92 Å². The van der Waals surface area contributed by atoms with E-state index >= 15 is 0 Å². The van der Waals surface area contributed by atoms with Crippen molar-refractivity contribution in [3.8, 4) is 11.4 Å². The summed E-state index contributed by atoms with van der Waals surface area (Å²) in [5.41, 5.74) is 2.19. The summed E-state index contributed by atoms with van der Waals surface area (Å²) in [5, 5.41) is 6.04. The van der Waals surface area contributed by atoms with Crippen LogP contribution < -0.4 is 10.6 Å². The Kier molecular flexibility index (Phi) is 5.48. The molecular weight excluding hydrogens is 354 g/mol. The number of hydrogen-bond donors (Lipinski definition) is 2. The number of hydrogen-bond acceptors (Lipinski definition) is 4. The zero-order chi connectivity index (χ0) is 18.5. The van der Waals surface area contributed by atoms with Crippen molar-refractivity contribution >= 4 is 34.6 Å². The lowest BCUT2D eigenvalue weighted by atomic mass is 10.2. The molecule has 0 aliphatic rings. The Balaban J connectivity index is 1.84. The molecule has 0 saturated heterocycles. The molecule has 0 radical (unpaired) electrons. The van der Waals surface area contributed by atoms with Gasteiger partial charge in [-0.15, -0.1) is 0 Å². The van der Waals surface area contributed by atoms with E-state index in [9.17, 15) is 9.59 Å². The van der Waals surface area contributed by atoms with E-state index in [2.05, 4.69) is 20.6 Å². The maximum atomic E-state index is 12.3. The molecule has 0 fully saturated rings. The van der Waals surface area contributed by atoms with Crippen molar-refractivity contribution in [1.29, 1.82) is 0 Å². The highest BCUT2D eigenvalue weighted by Gasteiger charge is 2.16. The summed E-state index contributed by atoms with van der Waals surface area (Å²) in [6, 6.07) is 10.9. The number of nitrogens with one attached hydrogen (secondary N) is 2. The molecule has 2 amide bonds. The summed E-state index contributed by atoms with van der Waals surface area (Å²) in [4.78, 5) is 32.1. The first kappa shape index (κ1) is 17.9. The summed E-state index contributed by atoms with van der Waals surface area (Å²) in [6.45, 7) is 2.25. The van der Waals surface area contributed by atoms with Crippen LogP contribution in [0.15, 0.2) is 42.6 Å². The van der Waals surface area contributed by atoms with Gasteiger partial charge in [0.15, 0.2) is 5.65 Å². The zero-order valence-electron chi connectivity index (χ0n) is 14.2. The van der Waals surface area contributed by atoms with Gasteiger partial charge in [-0.1, -0.05) is 11.6 Å². The molecule has 2 heterocycles. The fraction of sp³-hybridized carbons (Fsp3) is 0.222. The van der Waals surface area contributed by atoms with E-state index in [1.54, 1.807) is 29.0 Å². The lowest BCUT2D eigenvalue weighted by molar-refractivity contribution is -0.122. The largest absolute Gasteiger partial charge is 0.355 e. The summed E-state index contributed by atoms with van der Waals surface area (Å²) in [6.07, 6.45) is 1.67. The van der Waals surface area contributed by atoms with Gasteiger partial charge in [-0.2, -0.15) is 0 Å². The second-order valence-corrected chi connectivity index (χ2v) is 6.14. The van der Waals surface area contributed by atoms with E-state index in [0.717, 1.165) is 5.56 Å².